The summed E-state index contributed by atoms with van der Waals surface area (Å²) in [5, 5.41) is 15.3. The van der Waals surface area contributed by atoms with Crippen molar-refractivity contribution in [2.24, 2.45) is 17.2 Å². The Morgan fingerprint density at radius 2 is 1.19 bits per heavy atom. The van der Waals surface area contributed by atoms with Crippen LogP contribution in [-0.4, -0.2) is 53.8 Å². The normalized spacial score (nSPS) is 19.0. The molecular weight excluding hydrogens is 977 g/mol. The van der Waals surface area contributed by atoms with Gasteiger partial charge in [0.05, 0.1) is 45.0 Å². The topological polar surface area (TPSA) is 221 Å². The fourth-order valence-electron chi connectivity index (χ4n) is 3.23. The van der Waals surface area contributed by atoms with Gasteiger partial charge in [-0.05, 0) is 137 Å². The molecule has 8 N–H and O–H groups in total. The fourth-order valence-corrected chi connectivity index (χ4v) is 3.48. The predicted molar refractivity (Wildman–Crippen MR) is 263 cm³/mol. The number of rotatable bonds is 14. The van der Waals surface area contributed by atoms with E-state index < -0.39 is 207 Å². The van der Waals surface area contributed by atoms with Crippen molar-refractivity contribution >= 4 is 61.0 Å². The van der Waals surface area contributed by atoms with Gasteiger partial charge in [-0.15, -0.1) is 12.4 Å². The number of aldehydes is 2. The van der Waals surface area contributed by atoms with E-state index in [9.17, 15) is 32.3 Å². The number of halogens is 5. The molecule has 0 spiro atoms. The summed E-state index contributed by atoms with van der Waals surface area (Å²) < 4.78 is 291. The first kappa shape index (κ1) is 27.3. The molecule has 0 aliphatic heterocycles. The number of alkyl halides is 1. The molecule has 6 aromatic rings. The molecule has 0 saturated carbocycles. The van der Waals surface area contributed by atoms with Gasteiger partial charge in [-0.3, -0.25) is 19.2 Å². The van der Waals surface area contributed by atoms with Gasteiger partial charge < -0.3 is 48.9 Å². The Morgan fingerprint density at radius 3 is 1.51 bits per heavy atom. The van der Waals surface area contributed by atoms with Gasteiger partial charge in [0.2, 0.25) is 11.8 Å². The first-order valence-corrected chi connectivity index (χ1v) is 17.5. The Hall–Kier alpha value is -5.97. The number of hydrogen-bond donors (Lipinski definition) is 5. The fraction of sp³-hybridized carbons (Fsp3) is 0.163. The molecule has 0 heterocycles. The minimum absolute atomic E-state index is 0. The number of nitrogens with zero attached hydrogens (tertiary/aromatic N) is 1. The molecule has 0 saturated heterocycles. The van der Waals surface area contributed by atoms with E-state index in [0.29, 0.717) is 0 Å². The number of carbonyl (C=O) groups is 4. The molecule has 2 amide bonds. The molecule has 0 aliphatic carbocycles. The molecule has 0 aromatic heterocycles. The average Bonchev–Trinajstić information content (AvgIpc) is 0.751. The van der Waals surface area contributed by atoms with Crippen LogP contribution < -0.4 is 61.5 Å². The van der Waals surface area contributed by atoms with E-state index >= 15 is 0 Å². The maximum absolute atomic E-state index is 13.5. The van der Waals surface area contributed by atoms with E-state index in [1.54, 1.807) is 5.32 Å². The molecule has 6 aromatic carbocycles. The molecule has 68 heavy (non-hydrogen) atoms. The largest absolute Gasteiger partial charge is 1.00 e. The number of phenols is 1. The summed E-state index contributed by atoms with van der Waals surface area (Å²) in [6.07, 6.45) is -2.70. The second-order valence-electron chi connectivity index (χ2n) is 10.6. The standard InChI is InChI=1S/C17H19FN2O2.C14H11FO2.C7H6BrF.C7H6O2.C3H8N2O.CN.BH3.ClH.Na/c1-12(17(19)21)20-10-13-5-7-16(8-6-13)22-11-14-3-2-4-15(18)9-14;15-13-3-1-2-12(8-13)10-17-14-6-4-11(9-16)5-7-14;8-5-6-2-1-3-7(9)4-6;8-5-6-1-3-7(9)4-2-6;1-2(4)3(5)6;1-2;;;/h2-9,12,20H,10-11H2,1H3,(H2,19,21);1-9H,10H2;1-4H,5H2;1-5,9H;2H,4H2,1H3,(H2,5,6);;1H3;1H;/q;;;;;-1;;;+1/t12-;;;;2-;;;;/m0...0..../s1/i1D3,5D,6D,7D,8D,10D2,11D2,12D;4D,5D,6D,7D,9D,10D2;5D2;1D,2D,3D,4D,5D;1D3,2D;;1D3;;. The number of amides is 2. The molecule has 0 bridgehead atoms. The van der Waals surface area contributed by atoms with Crippen molar-refractivity contribution in [2.75, 3.05) is 0 Å². The van der Waals surface area contributed by atoms with Crippen LogP contribution in [0.5, 0.6) is 17.2 Å². The maximum atomic E-state index is 13.5. The number of aromatic hydroxyl groups is 1. The third-order valence-corrected chi connectivity index (χ3v) is 6.43. The van der Waals surface area contributed by atoms with Gasteiger partial charge in [-0.2, -0.15) is 0 Å². The molecule has 0 fully saturated rings. The summed E-state index contributed by atoms with van der Waals surface area (Å²) in [6, 6.07) is -2.32. The summed E-state index contributed by atoms with van der Waals surface area (Å²) in [6.45, 7) is -10.4. The van der Waals surface area contributed by atoms with E-state index in [2.05, 4.69) is 21.7 Å². The number of nitrogens with one attached hydrogen (secondary N) is 1. The molecule has 0 unspecified atom stereocenters. The first-order valence-electron chi connectivity index (χ1n) is 33.4. The van der Waals surface area contributed by atoms with Crippen LogP contribution in [0.2, 0.25) is 0 Å². The number of carbonyl (C=O) groups excluding carboxylic acids is 4. The van der Waals surface area contributed by atoms with Crippen LogP contribution in [-0.2, 0) is 34.5 Å². The maximum Gasteiger partial charge on any atom is 1.00 e. The smallest absolute Gasteiger partial charge is 0.512 e. The van der Waals surface area contributed by atoms with Gasteiger partial charge in [0, 0.05) is 36.6 Å². The van der Waals surface area contributed by atoms with Crippen LogP contribution in [0.3, 0.4) is 0 Å². The summed E-state index contributed by atoms with van der Waals surface area (Å²) in [4.78, 5) is 43.7. The van der Waals surface area contributed by atoms with E-state index in [-0.39, 0.29) is 58.7 Å². The Balaban J connectivity index is -0.00000124. The summed E-state index contributed by atoms with van der Waals surface area (Å²) in [5.41, 5.74) is 11.6. The van der Waals surface area contributed by atoms with E-state index in [1.165, 1.54) is 36.4 Å². The van der Waals surface area contributed by atoms with Crippen LogP contribution in [0.15, 0.2) is 145 Å². The molecule has 0 aliphatic rings. The summed E-state index contributed by atoms with van der Waals surface area (Å²) in [5.74, 6) is -7.56. The van der Waals surface area contributed by atoms with Crippen molar-refractivity contribution in [3.8, 4) is 17.2 Å². The summed E-state index contributed by atoms with van der Waals surface area (Å²) in [7, 11) is -1.42. The molecular formula is C49H54BBrClF3N5NaO7. The van der Waals surface area contributed by atoms with Crippen LogP contribution in [0.4, 0.5) is 13.2 Å². The minimum Gasteiger partial charge on any atom is -0.512 e. The van der Waals surface area contributed by atoms with Gasteiger partial charge in [0.15, 0.2) is 0 Å². The van der Waals surface area contributed by atoms with Gasteiger partial charge in [-0.1, -0.05) is 64.4 Å². The van der Waals surface area contributed by atoms with Crippen LogP contribution in [0.1, 0.15) is 97.8 Å². The van der Waals surface area contributed by atoms with E-state index in [4.69, 9.17) is 83.0 Å². The van der Waals surface area contributed by atoms with Crippen LogP contribution >= 0.6 is 28.3 Å². The minimum atomic E-state index is -3.48. The molecule has 6 rings (SSSR count). The predicted octanol–water partition coefficient (Wildman–Crippen LogP) is 4.67. The number of hydrogen-bond acceptors (Lipinski definition) is 10. The molecule has 19 heteroatoms. The molecule has 356 valence electrons. The Morgan fingerprint density at radius 1 is 0.794 bits per heavy atom. The van der Waals surface area contributed by atoms with Gasteiger partial charge >= 0.3 is 29.6 Å². The van der Waals surface area contributed by atoms with E-state index in [0.717, 1.165) is 36.4 Å². The third-order valence-electron chi connectivity index (χ3n) is 5.97. The molecule has 12 nitrogen and oxygen atoms in total. The van der Waals surface area contributed by atoms with Crippen molar-refractivity contribution in [2.45, 2.75) is 50.6 Å². The number of ether oxygens (including phenoxy) is 2. The SMILES string of the molecule is Cl.[2H]B([2H])[2H].[2H]C(=O)c1c([2H])c([2H])c(O)c([2H])c1[2H].[2H]C(=O)c1c([2H])c([2H])c(OC([2H])([2H])c2cccc(F)c2)c([2H])c1[2H].[2H]C([2H])(Br)c1cccc(F)c1.[2H]C([2H])([2H])[C@]([2H])(N)C(N)=O.[2H]c1c([2H])c(C([2H])([2H])N[C@]([2H])(C(N)=O)C([2H])([2H])[2H])c([2H])c([2H])c1OC([2H])([2H])c1cccc(F)c1.[C-]#N.[Na+]. The monoisotopic (exact) mass is 1060 g/mol. The first-order chi connectivity index (χ1) is 44.6. The number of benzene rings is 6. The number of phenolic OH excluding ortho intramolecular Hbond substituents is 1. The van der Waals surface area contributed by atoms with Crippen molar-refractivity contribution in [3.63, 3.8) is 0 Å². The average molecular weight is 1060 g/mol. The molecule has 0 radical (unpaired) electrons. The van der Waals surface area contributed by atoms with Gasteiger partial charge in [-0.25, -0.2) is 13.2 Å². The quantitative estimate of drug-likeness (QED) is 0.0440. The van der Waals surface area contributed by atoms with Crippen LogP contribution in [0.25, 0.3) is 0 Å². The zero-order valence-corrected chi connectivity index (χ0v) is 38.9. The number of primary amides is 2. The van der Waals surface area contributed by atoms with Crippen molar-refractivity contribution < 1.29 is 118 Å². The van der Waals surface area contributed by atoms with Crippen molar-refractivity contribution in [1.82, 2.24) is 5.32 Å². The van der Waals surface area contributed by atoms with Gasteiger partial charge in [0.25, 0.3) is 0 Å². The zero-order valence-electron chi connectivity index (χ0n) is 67.5. The Kier molecular flexibility index (Phi) is 15.7. The third kappa shape index (κ3) is 30.3. The molecule has 2 atom stereocenters. The Labute approximate surface area is 480 Å². The Bertz CT molecular complexity index is 3860. The van der Waals surface area contributed by atoms with Crippen molar-refractivity contribution in [1.29, 1.82) is 9.27 Å². The number of nitrogens with two attached hydrogens (primary N) is 3. The van der Waals surface area contributed by atoms with Crippen molar-refractivity contribution in [3.05, 3.63) is 203 Å². The van der Waals surface area contributed by atoms with Gasteiger partial charge in [0.1, 0.15) is 63.1 Å². The second-order valence-corrected chi connectivity index (χ2v) is 11.0. The van der Waals surface area contributed by atoms with Crippen LogP contribution in [0, 0.1) is 29.3 Å². The zero-order chi connectivity index (χ0) is 78.3. The second kappa shape index (κ2) is 39.1. The van der Waals surface area contributed by atoms with E-state index in [1.807, 2.05) is 0 Å². The summed E-state index contributed by atoms with van der Waals surface area (Å²) >= 11 is 2.79.